The minimum Gasteiger partial charge on any atom is -0.479 e. The fraction of sp³-hybridized carbons (Fsp3) is 0.667. The van der Waals surface area contributed by atoms with Gasteiger partial charge in [-0.25, -0.2) is 4.79 Å². The first-order valence-electron chi connectivity index (χ1n) is 11.5. The average Bonchev–Trinajstić information content (AvgIpc) is 2.77. The molecule has 4 N–H and O–H groups in total. The summed E-state index contributed by atoms with van der Waals surface area (Å²) in [4.78, 5) is 22.7. The number of aliphatic carboxylic acids is 1. The highest BCUT2D eigenvalue weighted by Gasteiger charge is 2.30. The third kappa shape index (κ3) is 8.44. The van der Waals surface area contributed by atoms with Crippen molar-refractivity contribution in [2.75, 3.05) is 11.9 Å². The van der Waals surface area contributed by atoms with Crippen molar-refractivity contribution >= 4 is 17.4 Å². The molecule has 1 saturated carbocycles. The maximum atomic E-state index is 12.0. The number of anilines is 1. The highest BCUT2D eigenvalue weighted by molar-refractivity contribution is 6.02. The third-order valence-corrected chi connectivity index (χ3v) is 6.08. The third-order valence-electron chi connectivity index (χ3n) is 6.08. The lowest BCUT2D eigenvalue weighted by atomic mass is 9.85. The summed E-state index contributed by atoms with van der Waals surface area (Å²) in [5.41, 5.74) is 1.04. The number of aliphatic hydroxyl groups is 2. The van der Waals surface area contributed by atoms with E-state index in [0.717, 1.165) is 24.6 Å². The van der Waals surface area contributed by atoms with Crippen molar-refractivity contribution < 1.29 is 24.9 Å². The van der Waals surface area contributed by atoms with Gasteiger partial charge in [-0.2, -0.15) is 0 Å². The Kier molecular flexibility index (Phi) is 10.9. The number of hydrogen-bond donors (Lipinski definition) is 4. The van der Waals surface area contributed by atoms with Gasteiger partial charge >= 0.3 is 5.97 Å². The first-order valence-corrected chi connectivity index (χ1v) is 11.5. The number of unbranched alkanes of at least 4 members (excludes halogenated alkanes) is 5. The van der Waals surface area contributed by atoms with Gasteiger partial charge in [-0.3, -0.25) is 4.79 Å². The first-order chi connectivity index (χ1) is 14.5. The predicted octanol–water partition coefficient (Wildman–Crippen LogP) is 4.40. The predicted molar refractivity (Wildman–Crippen MR) is 118 cm³/mol. The van der Waals surface area contributed by atoms with E-state index in [9.17, 15) is 19.8 Å². The standard InChI is InChI=1S/C24H37NO5/c26-21(22(27)23(28)24(29)30)19-13-15-20(16-14-19)25-17-9-4-2-1-3-6-10-18-11-7-5-8-12-18/h13-16,18,22-23,25,27-28H,1-12,17H2,(H,29,30). The van der Waals surface area contributed by atoms with Crippen LogP contribution in [0.3, 0.4) is 0 Å². The molecule has 1 aromatic carbocycles. The highest BCUT2D eigenvalue weighted by atomic mass is 16.4. The number of carbonyl (C=O) groups excluding carboxylic acids is 1. The largest absolute Gasteiger partial charge is 0.479 e. The van der Waals surface area contributed by atoms with Gasteiger partial charge in [0.15, 0.2) is 18.0 Å². The summed E-state index contributed by atoms with van der Waals surface area (Å²) >= 11 is 0. The van der Waals surface area contributed by atoms with Crippen molar-refractivity contribution in [3.05, 3.63) is 29.8 Å². The molecule has 1 fully saturated rings. The molecular formula is C24H37NO5. The fourth-order valence-electron chi connectivity index (χ4n) is 4.18. The van der Waals surface area contributed by atoms with Crippen molar-refractivity contribution in [2.24, 2.45) is 5.92 Å². The van der Waals surface area contributed by atoms with Crippen LogP contribution in [-0.4, -0.2) is 45.8 Å². The zero-order valence-corrected chi connectivity index (χ0v) is 17.9. The second-order valence-electron chi connectivity index (χ2n) is 8.51. The molecular weight excluding hydrogens is 382 g/mol. The Balaban J connectivity index is 1.54. The molecule has 0 bridgehead atoms. The van der Waals surface area contributed by atoms with Crippen LogP contribution in [-0.2, 0) is 4.79 Å². The minimum absolute atomic E-state index is 0.168. The average molecular weight is 420 g/mol. The SMILES string of the molecule is O=C(O)C(O)C(O)C(=O)c1ccc(NCCCCCCCCC2CCCCC2)cc1. The zero-order valence-electron chi connectivity index (χ0n) is 17.9. The monoisotopic (exact) mass is 419 g/mol. The molecule has 2 unspecified atom stereocenters. The van der Waals surface area contributed by atoms with E-state index in [1.165, 1.54) is 82.8 Å². The topological polar surface area (TPSA) is 107 Å². The highest BCUT2D eigenvalue weighted by Crippen LogP contribution is 2.28. The van der Waals surface area contributed by atoms with Gasteiger partial charge in [0.2, 0.25) is 0 Å². The van der Waals surface area contributed by atoms with Crippen LogP contribution in [0.15, 0.2) is 24.3 Å². The van der Waals surface area contributed by atoms with Gasteiger partial charge in [-0.05, 0) is 36.6 Å². The Morgan fingerprint density at radius 3 is 2.10 bits per heavy atom. The van der Waals surface area contributed by atoms with E-state index in [0.29, 0.717) is 0 Å². The van der Waals surface area contributed by atoms with E-state index in [1.54, 1.807) is 12.1 Å². The second kappa shape index (κ2) is 13.4. The molecule has 1 aliphatic carbocycles. The number of carbonyl (C=O) groups is 2. The van der Waals surface area contributed by atoms with Crippen LogP contribution in [0.2, 0.25) is 0 Å². The fourth-order valence-corrected chi connectivity index (χ4v) is 4.18. The van der Waals surface area contributed by atoms with Gasteiger partial charge in [-0.15, -0.1) is 0 Å². The summed E-state index contributed by atoms with van der Waals surface area (Å²) in [5, 5.41) is 30.9. The van der Waals surface area contributed by atoms with Crippen LogP contribution >= 0.6 is 0 Å². The molecule has 1 aromatic rings. The Hall–Kier alpha value is -1.92. The lowest BCUT2D eigenvalue weighted by molar-refractivity contribution is -0.151. The molecule has 6 heteroatoms. The molecule has 0 aromatic heterocycles. The maximum Gasteiger partial charge on any atom is 0.335 e. The van der Waals surface area contributed by atoms with Gasteiger partial charge < -0.3 is 20.6 Å². The smallest absolute Gasteiger partial charge is 0.335 e. The van der Waals surface area contributed by atoms with E-state index < -0.39 is 24.0 Å². The first kappa shape index (κ1) is 24.4. The molecule has 0 aliphatic heterocycles. The normalized spacial score (nSPS) is 16.7. The van der Waals surface area contributed by atoms with Crippen LogP contribution in [0, 0.1) is 5.92 Å². The van der Waals surface area contributed by atoms with Crippen molar-refractivity contribution in [1.29, 1.82) is 0 Å². The summed E-state index contributed by atoms with van der Waals surface area (Å²) in [5.74, 6) is -1.44. The zero-order chi connectivity index (χ0) is 21.8. The van der Waals surface area contributed by atoms with Crippen LogP contribution in [0.1, 0.15) is 87.4 Å². The quantitative estimate of drug-likeness (QED) is 0.263. The molecule has 168 valence electrons. The minimum atomic E-state index is -2.12. The number of ketones is 1. The van der Waals surface area contributed by atoms with E-state index in [2.05, 4.69) is 5.32 Å². The number of Topliss-reactive ketones (excluding diaryl/α,β-unsaturated/α-hetero) is 1. The molecule has 2 rings (SSSR count). The Morgan fingerprint density at radius 1 is 0.867 bits per heavy atom. The molecule has 0 heterocycles. The Bertz CT molecular complexity index is 640. The van der Waals surface area contributed by atoms with Crippen LogP contribution in [0.5, 0.6) is 0 Å². The molecule has 1 aliphatic rings. The lowest BCUT2D eigenvalue weighted by Gasteiger charge is -2.21. The van der Waals surface area contributed by atoms with Gasteiger partial charge in [0.05, 0.1) is 0 Å². The number of benzene rings is 1. The summed E-state index contributed by atoms with van der Waals surface area (Å²) in [6.45, 7) is 0.857. The lowest BCUT2D eigenvalue weighted by Crippen LogP contribution is -2.39. The summed E-state index contributed by atoms with van der Waals surface area (Å²) < 4.78 is 0. The van der Waals surface area contributed by atoms with Crippen LogP contribution in [0.4, 0.5) is 5.69 Å². The number of hydrogen-bond acceptors (Lipinski definition) is 5. The molecule has 6 nitrogen and oxygen atoms in total. The van der Waals surface area contributed by atoms with Gasteiger partial charge in [0, 0.05) is 17.8 Å². The Morgan fingerprint density at radius 2 is 1.47 bits per heavy atom. The van der Waals surface area contributed by atoms with Gasteiger partial charge in [0.25, 0.3) is 0 Å². The molecule has 0 amide bonds. The molecule has 0 radical (unpaired) electrons. The summed E-state index contributed by atoms with van der Waals surface area (Å²) in [6, 6.07) is 6.49. The maximum absolute atomic E-state index is 12.0. The molecule has 0 saturated heterocycles. The van der Waals surface area contributed by atoms with E-state index in [4.69, 9.17) is 5.11 Å². The molecule has 0 spiro atoms. The summed E-state index contributed by atoms with van der Waals surface area (Å²) in [7, 11) is 0. The van der Waals surface area contributed by atoms with Gasteiger partial charge in [0.1, 0.15) is 0 Å². The van der Waals surface area contributed by atoms with E-state index in [1.807, 2.05) is 0 Å². The van der Waals surface area contributed by atoms with E-state index in [-0.39, 0.29) is 5.56 Å². The van der Waals surface area contributed by atoms with Crippen LogP contribution in [0.25, 0.3) is 0 Å². The number of rotatable bonds is 14. The molecule has 30 heavy (non-hydrogen) atoms. The van der Waals surface area contributed by atoms with Crippen molar-refractivity contribution in [2.45, 2.75) is 89.3 Å². The number of carboxylic acids is 1. The number of aliphatic hydroxyl groups excluding tert-OH is 2. The van der Waals surface area contributed by atoms with E-state index >= 15 is 0 Å². The van der Waals surface area contributed by atoms with Crippen LogP contribution < -0.4 is 5.32 Å². The van der Waals surface area contributed by atoms with Crippen molar-refractivity contribution in [3.63, 3.8) is 0 Å². The molecule has 2 atom stereocenters. The van der Waals surface area contributed by atoms with Gasteiger partial charge in [-0.1, -0.05) is 70.6 Å². The number of nitrogens with one attached hydrogen (secondary N) is 1. The second-order valence-corrected chi connectivity index (χ2v) is 8.51. The Labute approximate surface area is 179 Å². The van der Waals surface area contributed by atoms with Crippen molar-refractivity contribution in [1.82, 2.24) is 0 Å². The van der Waals surface area contributed by atoms with Crippen molar-refractivity contribution in [3.8, 4) is 0 Å². The number of carboxylic acid groups (broad SMARTS) is 1. The summed E-state index contributed by atoms with van der Waals surface area (Å²) in [6.07, 6.45) is 12.1.